The van der Waals surface area contributed by atoms with Crippen LogP contribution in [0.5, 0.6) is 5.75 Å². The number of hydrogen-bond donors (Lipinski definition) is 2. The molecule has 0 saturated carbocycles. The van der Waals surface area contributed by atoms with Gasteiger partial charge in [-0.1, -0.05) is 26.0 Å². The Kier molecular flexibility index (Phi) is 11.7. The molecular formula is C25H39N3O6. The first-order valence-corrected chi connectivity index (χ1v) is 12.1. The van der Waals surface area contributed by atoms with Crippen molar-refractivity contribution in [2.45, 2.75) is 58.6 Å². The van der Waals surface area contributed by atoms with Gasteiger partial charge in [-0.2, -0.15) is 0 Å². The van der Waals surface area contributed by atoms with Crippen LogP contribution in [0.15, 0.2) is 24.3 Å². The summed E-state index contributed by atoms with van der Waals surface area (Å²) >= 11 is 0. The highest BCUT2D eigenvalue weighted by Gasteiger charge is 2.31. The van der Waals surface area contributed by atoms with Crippen LogP contribution >= 0.6 is 0 Å². The number of nitrogens with one attached hydrogen (secondary N) is 1. The van der Waals surface area contributed by atoms with E-state index in [0.717, 1.165) is 24.2 Å². The van der Waals surface area contributed by atoms with Gasteiger partial charge in [-0.15, -0.1) is 0 Å². The molecule has 34 heavy (non-hydrogen) atoms. The molecule has 0 radical (unpaired) electrons. The summed E-state index contributed by atoms with van der Waals surface area (Å²) in [5.41, 5.74) is 6.34. The monoisotopic (exact) mass is 477 g/mol. The number of piperidine rings is 1. The minimum absolute atomic E-state index is 0.169. The van der Waals surface area contributed by atoms with E-state index in [9.17, 15) is 14.4 Å². The van der Waals surface area contributed by atoms with Crippen LogP contribution in [0.3, 0.4) is 0 Å². The quantitative estimate of drug-likeness (QED) is 0.351. The molecule has 1 unspecified atom stereocenters. The number of carbonyl (C=O) groups excluding carboxylic acids is 3. The van der Waals surface area contributed by atoms with E-state index in [0.29, 0.717) is 45.5 Å². The van der Waals surface area contributed by atoms with Gasteiger partial charge in [0, 0.05) is 19.0 Å². The van der Waals surface area contributed by atoms with Crippen LogP contribution in [-0.4, -0.2) is 62.3 Å². The molecule has 1 atom stereocenters. The molecule has 1 aliphatic heterocycles. The van der Waals surface area contributed by atoms with Crippen LogP contribution in [0.2, 0.25) is 0 Å². The molecule has 0 bridgehead atoms. The Morgan fingerprint density at radius 1 is 1.12 bits per heavy atom. The molecule has 1 aliphatic rings. The van der Waals surface area contributed by atoms with Gasteiger partial charge in [0.25, 0.3) is 0 Å². The highest BCUT2D eigenvalue weighted by Crippen LogP contribution is 2.20. The number of nitrogens with two attached hydrogens (primary N) is 1. The number of nitrogens with zero attached hydrogens (tertiary/aromatic N) is 1. The molecule has 1 aromatic rings. The van der Waals surface area contributed by atoms with Crippen molar-refractivity contribution >= 4 is 18.0 Å². The number of amides is 2. The van der Waals surface area contributed by atoms with Crippen LogP contribution < -0.4 is 15.8 Å². The summed E-state index contributed by atoms with van der Waals surface area (Å²) in [6.07, 6.45) is 3.01. The molecule has 3 N–H and O–H groups in total. The standard InChI is InChI=1S/C25H39N3O6/c1-18(2)16-22(24(30)32-3)27-23(29)20-10-13-28(14-11-20)25(31)34-17-19-6-8-21(9-7-19)33-15-5-4-12-26/h6-9,18,20,22H,4-5,10-17,26H2,1-3H3,(H,27,29). The van der Waals surface area contributed by atoms with Crippen molar-refractivity contribution in [1.29, 1.82) is 0 Å². The van der Waals surface area contributed by atoms with Gasteiger partial charge in [0.2, 0.25) is 5.91 Å². The van der Waals surface area contributed by atoms with Crippen molar-refractivity contribution in [2.24, 2.45) is 17.6 Å². The molecule has 9 nitrogen and oxygen atoms in total. The van der Waals surface area contributed by atoms with Crippen LogP contribution in [0.4, 0.5) is 4.79 Å². The molecule has 0 spiro atoms. The summed E-state index contributed by atoms with van der Waals surface area (Å²) in [4.78, 5) is 38.7. The number of unbranched alkanes of at least 4 members (excludes halogenated alkanes) is 1. The van der Waals surface area contributed by atoms with Gasteiger partial charge in [0.1, 0.15) is 18.4 Å². The summed E-state index contributed by atoms with van der Waals surface area (Å²) in [5.74, 6) is 0.158. The lowest BCUT2D eigenvalue weighted by Crippen LogP contribution is -2.48. The summed E-state index contributed by atoms with van der Waals surface area (Å²) in [6, 6.07) is 6.81. The van der Waals surface area contributed by atoms with E-state index in [1.54, 1.807) is 4.90 Å². The van der Waals surface area contributed by atoms with Gasteiger partial charge in [-0.05, 0) is 62.3 Å². The topological polar surface area (TPSA) is 120 Å². The number of benzene rings is 1. The second kappa shape index (κ2) is 14.5. The zero-order chi connectivity index (χ0) is 24.9. The Balaban J connectivity index is 1.73. The summed E-state index contributed by atoms with van der Waals surface area (Å²) < 4.78 is 15.9. The summed E-state index contributed by atoms with van der Waals surface area (Å²) in [5, 5.41) is 2.82. The van der Waals surface area contributed by atoms with Crippen molar-refractivity contribution in [2.75, 3.05) is 33.4 Å². The van der Waals surface area contributed by atoms with Crippen LogP contribution in [0, 0.1) is 11.8 Å². The van der Waals surface area contributed by atoms with Crippen molar-refractivity contribution in [3.63, 3.8) is 0 Å². The molecule has 1 aromatic carbocycles. The highest BCUT2D eigenvalue weighted by molar-refractivity contribution is 5.85. The maximum atomic E-state index is 12.7. The van der Waals surface area contributed by atoms with E-state index in [2.05, 4.69) is 5.32 Å². The van der Waals surface area contributed by atoms with Gasteiger partial charge in [0.05, 0.1) is 13.7 Å². The smallest absolute Gasteiger partial charge is 0.410 e. The molecule has 0 aromatic heterocycles. The average Bonchev–Trinajstić information content (AvgIpc) is 2.84. The normalized spacial score (nSPS) is 15.0. The highest BCUT2D eigenvalue weighted by atomic mass is 16.6. The summed E-state index contributed by atoms with van der Waals surface area (Å²) in [6.45, 7) is 6.29. The van der Waals surface area contributed by atoms with Gasteiger partial charge in [-0.25, -0.2) is 9.59 Å². The lowest BCUT2D eigenvalue weighted by atomic mass is 9.95. The zero-order valence-electron chi connectivity index (χ0n) is 20.6. The van der Waals surface area contributed by atoms with Gasteiger partial charge < -0.3 is 30.2 Å². The Morgan fingerprint density at radius 3 is 2.38 bits per heavy atom. The molecule has 1 saturated heterocycles. The number of esters is 1. The Bertz CT molecular complexity index is 775. The minimum atomic E-state index is -0.650. The fourth-order valence-corrected chi connectivity index (χ4v) is 3.80. The van der Waals surface area contributed by atoms with E-state index in [1.807, 2.05) is 38.1 Å². The van der Waals surface area contributed by atoms with Crippen molar-refractivity contribution in [1.82, 2.24) is 10.2 Å². The first kappa shape index (κ1) is 27.4. The maximum absolute atomic E-state index is 12.7. The fourth-order valence-electron chi connectivity index (χ4n) is 3.80. The second-order valence-electron chi connectivity index (χ2n) is 9.02. The second-order valence-corrected chi connectivity index (χ2v) is 9.02. The molecule has 2 amide bonds. The Labute approximate surface area is 202 Å². The van der Waals surface area contributed by atoms with Crippen LogP contribution in [-0.2, 0) is 25.7 Å². The molecule has 1 heterocycles. The lowest BCUT2D eigenvalue weighted by molar-refractivity contribution is -0.146. The van der Waals surface area contributed by atoms with E-state index in [4.69, 9.17) is 19.9 Å². The van der Waals surface area contributed by atoms with Crippen LogP contribution in [0.1, 0.15) is 51.5 Å². The lowest BCUT2D eigenvalue weighted by Gasteiger charge is -2.31. The number of likely N-dealkylation sites (tertiary alicyclic amines) is 1. The predicted octanol–water partition coefficient (Wildman–Crippen LogP) is 2.86. The van der Waals surface area contributed by atoms with Gasteiger partial charge in [0.15, 0.2) is 0 Å². The van der Waals surface area contributed by atoms with Crippen LogP contribution in [0.25, 0.3) is 0 Å². The number of rotatable bonds is 12. The van der Waals surface area contributed by atoms with E-state index in [1.165, 1.54) is 7.11 Å². The molecule has 2 rings (SSSR count). The number of methoxy groups -OCH3 is 1. The van der Waals surface area contributed by atoms with E-state index < -0.39 is 18.1 Å². The van der Waals surface area contributed by atoms with Gasteiger partial charge >= 0.3 is 12.1 Å². The predicted molar refractivity (Wildman–Crippen MR) is 128 cm³/mol. The summed E-state index contributed by atoms with van der Waals surface area (Å²) in [7, 11) is 1.32. The number of hydrogen-bond acceptors (Lipinski definition) is 7. The van der Waals surface area contributed by atoms with Crippen molar-refractivity contribution in [3.8, 4) is 5.75 Å². The van der Waals surface area contributed by atoms with Gasteiger partial charge in [-0.3, -0.25) is 4.79 Å². The van der Waals surface area contributed by atoms with E-state index in [-0.39, 0.29) is 24.3 Å². The molecule has 0 aliphatic carbocycles. The van der Waals surface area contributed by atoms with Crippen molar-refractivity contribution in [3.05, 3.63) is 29.8 Å². The zero-order valence-corrected chi connectivity index (χ0v) is 20.6. The Morgan fingerprint density at radius 2 is 1.79 bits per heavy atom. The minimum Gasteiger partial charge on any atom is -0.494 e. The molecule has 190 valence electrons. The largest absolute Gasteiger partial charge is 0.494 e. The average molecular weight is 478 g/mol. The number of carbonyl (C=O) groups is 3. The Hall–Kier alpha value is -2.81. The molecule has 9 heteroatoms. The third kappa shape index (κ3) is 9.21. The van der Waals surface area contributed by atoms with E-state index >= 15 is 0 Å². The molecular weight excluding hydrogens is 438 g/mol. The number of ether oxygens (including phenoxy) is 3. The fraction of sp³-hybridized carbons (Fsp3) is 0.640. The first-order chi connectivity index (χ1) is 16.3. The third-order valence-electron chi connectivity index (χ3n) is 5.79. The molecule has 1 fully saturated rings. The third-order valence-corrected chi connectivity index (χ3v) is 5.79. The SMILES string of the molecule is COC(=O)C(CC(C)C)NC(=O)C1CCN(C(=O)OCc2ccc(OCCCCN)cc2)CC1. The first-order valence-electron chi connectivity index (χ1n) is 12.1. The maximum Gasteiger partial charge on any atom is 0.410 e. The van der Waals surface area contributed by atoms with Crippen molar-refractivity contribution < 1.29 is 28.6 Å².